The molecule has 1 aromatic heterocycles. The van der Waals surface area contributed by atoms with Crippen LogP contribution in [0, 0.1) is 5.41 Å². The third-order valence-corrected chi connectivity index (χ3v) is 3.72. The van der Waals surface area contributed by atoms with Gasteiger partial charge in [-0.25, -0.2) is 0 Å². The number of aromatic nitrogens is 2. The average molecular weight is 267 g/mol. The maximum atomic E-state index is 9.57. The van der Waals surface area contributed by atoms with Crippen molar-refractivity contribution >= 4 is 5.95 Å². The molecule has 6 heteroatoms. The Morgan fingerprint density at radius 3 is 2.26 bits per heavy atom. The minimum atomic E-state index is -0.0420. The molecule has 1 fully saturated rings. The van der Waals surface area contributed by atoms with E-state index < -0.39 is 0 Å². The van der Waals surface area contributed by atoms with E-state index in [0.29, 0.717) is 24.3 Å². The van der Waals surface area contributed by atoms with Crippen LogP contribution in [-0.2, 0) is 0 Å². The summed E-state index contributed by atoms with van der Waals surface area (Å²) in [5.74, 6) is 1.38. The summed E-state index contributed by atoms with van der Waals surface area (Å²) in [5.41, 5.74) is -0.0420. The fourth-order valence-electron chi connectivity index (χ4n) is 2.47. The second-order valence-corrected chi connectivity index (χ2v) is 5.00. The van der Waals surface area contributed by atoms with Gasteiger partial charge in [0.25, 0.3) is 0 Å². The van der Waals surface area contributed by atoms with Gasteiger partial charge in [0.15, 0.2) is 0 Å². The molecular formula is C13H21N3O3. The predicted octanol–water partition coefficient (Wildman–Crippen LogP) is 1.46. The molecule has 2 N–H and O–H groups in total. The molecule has 0 aliphatic heterocycles. The molecule has 0 amide bonds. The van der Waals surface area contributed by atoms with E-state index >= 15 is 0 Å². The van der Waals surface area contributed by atoms with Crippen LogP contribution >= 0.6 is 0 Å². The third kappa shape index (κ3) is 3.26. The zero-order valence-electron chi connectivity index (χ0n) is 11.5. The van der Waals surface area contributed by atoms with E-state index in [0.717, 1.165) is 12.8 Å². The summed E-state index contributed by atoms with van der Waals surface area (Å²) in [6.45, 7) is 0.862. The van der Waals surface area contributed by atoms with E-state index in [1.165, 1.54) is 12.8 Å². The van der Waals surface area contributed by atoms with Crippen LogP contribution < -0.4 is 14.8 Å². The molecule has 0 aromatic carbocycles. The lowest BCUT2D eigenvalue weighted by Gasteiger charge is -2.26. The van der Waals surface area contributed by atoms with Crippen molar-refractivity contribution in [2.45, 2.75) is 25.7 Å². The molecule has 2 rings (SSSR count). The molecule has 0 bridgehead atoms. The first-order chi connectivity index (χ1) is 9.21. The van der Waals surface area contributed by atoms with Gasteiger partial charge in [-0.2, -0.15) is 9.97 Å². The van der Waals surface area contributed by atoms with Gasteiger partial charge in [-0.1, -0.05) is 12.8 Å². The minimum Gasteiger partial charge on any atom is -0.481 e. The molecule has 0 unspecified atom stereocenters. The highest BCUT2D eigenvalue weighted by atomic mass is 16.5. The summed E-state index contributed by atoms with van der Waals surface area (Å²) in [6, 6.07) is 1.63. The van der Waals surface area contributed by atoms with E-state index in [-0.39, 0.29) is 12.0 Å². The van der Waals surface area contributed by atoms with Gasteiger partial charge in [0.1, 0.15) is 0 Å². The number of ether oxygens (including phenoxy) is 2. The van der Waals surface area contributed by atoms with Crippen LogP contribution in [0.3, 0.4) is 0 Å². The first-order valence-electron chi connectivity index (χ1n) is 6.53. The van der Waals surface area contributed by atoms with Gasteiger partial charge in [-0.15, -0.1) is 0 Å². The second kappa shape index (κ2) is 6.06. The lowest BCUT2D eigenvalue weighted by molar-refractivity contribution is 0.142. The Bertz CT molecular complexity index is 397. The van der Waals surface area contributed by atoms with Gasteiger partial charge in [0, 0.05) is 12.0 Å². The molecule has 1 aliphatic rings. The molecule has 1 aliphatic carbocycles. The number of methoxy groups -OCH3 is 2. The first-order valence-corrected chi connectivity index (χ1v) is 6.53. The quantitative estimate of drug-likeness (QED) is 0.812. The summed E-state index contributed by atoms with van der Waals surface area (Å²) in [6.07, 6.45) is 4.42. The molecule has 1 heterocycles. The molecule has 19 heavy (non-hydrogen) atoms. The minimum absolute atomic E-state index is 0.0420. The monoisotopic (exact) mass is 267 g/mol. The number of nitrogens with zero attached hydrogens (tertiary/aromatic N) is 2. The topological polar surface area (TPSA) is 76.5 Å². The van der Waals surface area contributed by atoms with Crippen molar-refractivity contribution in [2.24, 2.45) is 5.41 Å². The third-order valence-electron chi connectivity index (χ3n) is 3.72. The van der Waals surface area contributed by atoms with Gasteiger partial charge in [-0.05, 0) is 12.8 Å². The number of hydrogen-bond acceptors (Lipinski definition) is 6. The SMILES string of the molecule is COc1cc(OC)nc(NCC2(CO)CCCC2)n1. The highest BCUT2D eigenvalue weighted by Crippen LogP contribution is 2.37. The lowest BCUT2D eigenvalue weighted by atomic mass is 9.87. The van der Waals surface area contributed by atoms with Crippen LogP contribution in [0.25, 0.3) is 0 Å². The summed E-state index contributed by atoms with van der Waals surface area (Å²) in [4.78, 5) is 8.44. The fourth-order valence-corrected chi connectivity index (χ4v) is 2.47. The molecule has 0 spiro atoms. The van der Waals surface area contributed by atoms with Gasteiger partial charge in [-0.3, -0.25) is 0 Å². The van der Waals surface area contributed by atoms with E-state index in [1.807, 2.05) is 0 Å². The highest BCUT2D eigenvalue weighted by molar-refractivity contribution is 5.34. The number of aliphatic hydroxyl groups is 1. The first kappa shape index (κ1) is 13.9. The standard InChI is InChI=1S/C13H21N3O3/c1-18-10-7-11(19-2)16-12(15-10)14-8-13(9-17)5-3-4-6-13/h7,17H,3-6,8-9H2,1-2H3,(H,14,15,16). The Balaban J connectivity index is 2.06. The molecule has 1 saturated carbocycles. The Morgan fingerprint density at radius 2 is 1.79 bits per heavy atom. The lowest BCUT2D eigenvalue weighted by Crippen LogP contribution is -2.31. The fraction of sp³-hybridized carbons (Fsp3) is 0.692. The molecule has 0 saturated heterocycles. The largest absolute Gasteiger partial charge is 0.481 e. The summed E-state index contributed by atoms with van der Waals surface area (Å²) < 4.78 is 10.2. The number of hydrogen-bond donors (Lipinski definition) is 2. The summed E-state index contributed by atoms with van der Waals surface area (Å²) in [5, 5.41) is 12.8. The summed E-state index contributed by atoms with van der Waals surface area (Å²) in [7, 11) is 3.11. The van der Waals surface area contributed by atoms with Crippen molar-refractivity contribution in [3.8, 4) is 11.8 Å². The Kier molecular flexibility index (Phi) is 4.42. The zero-order valence-corrected chi connectivity index (χ0v) is 11.5. The number of aliphatic hydroxyl groups excluding tert-OH is 1. The molecular weight excluding hydrogens is 246 g/mol. The van der Waals surface area contributed by atoms with Gasteiger partial charge in [0.05, 0.1) is 26.9 Å². The van der Waals surface area contributed by atoms with Crippen molar-refractivity contribution in [2.75, 3.05) is 32.7 Å². The van der Waals surface area contributed by atoms with Crippen LogP contribution in [0.4, 0.5) is 5.95 Å². The number of nitrogens with one attached hydrogen (secondary N) is 1. The number of anilines is 1. The van der Waals surface area contributed by atoms with Crippen molar-refractivity contribution in [1.29, 1.82) is 0 Å². The molecule has 6 nitrogen and oxygen atoms in total. The average Bonchev–Trinajstić information content (AvgIpc) is 2.94. The van der Waals surface area contributed by atoms with Crippen LogP contribution in [0.1, 0.15) is 25.7 Å². The van der Waals surface area contributed by atoms with Crippen LogP contribution in [0.5, 0.6) is 11.8 Å². The van der Waals surface area contributed by atoms with E-state index in [1.54, 1.807) is 20.3 Å². The molecule has 106 valence electrons. The second-order valence-electron chi connectivity index (χ2n) is 5.00. The van der Waals surface area contributed by atoms with Crippen molar-refractivity contribution in [1.82, 2.24) is 9.97 Å². The predicted molar refractivity (Wildman–Crippen MR) is 71.6 cm³/mol. The smallest absolute Gasteiger partial charge is 0.229 e. The normalized spacial score (nSPS) is 17.2. The molecule has 1 aromatic rings. The number of rotatable bonds is 6. The Hall–Kier alpha value is -1.56. The van der Waals surface area contributed by atoms with Crippen molar-refractivity contribution in [3.63, 3.8) is 0 Å². The van der Waals surface area contributed by atoms with E-state index in [4.69, 9.17) is 9.47 Å². The summed E-state index contributed by atoms with van der Waals surface area (Å²) >= 11 is 0. The highest BCUT2D eigenvalue weighted by Gasteiger charge is 2.33. The van der Waals surface area contributed by atoms with Crippen LogP contribution in [-0.4, -0.2) is 42.4 Å². The zero-order chi connectivity index (χ0) is 13.7. The Morgan fingerprint density at radius 1 is 1.21 bits per heavy atom. The molecule has 0 atom stereocenters. The maximum absolute atomic E-state index is 9.57. The van der Waals surface area contributed by atoms with E-state index in [2.05, 4.69) is 15.3 Å². The molecule has 0 radical (unpaired) electrons. The van der Waals surface area contributed by atoms with Gasteiger partial charge >= 0.3 is 0 Å². The Labute approximate surface area is 113 Å². The van der Waals surface area contributed by atoms with Crippen molar-refractivity contribution in [3.05, 3.63) is 6.07 Å². The van der Waals surface area contributed by atoms with Gasteiger partial charge in [0.2, 0.25) is 17.7 Å². The van der Waals surface area contributed by atoms with Crippen LogP contribution in [0.2, 0.25) is 0 Å². The van der Waals surface area contributed by atoms with Crippen LogP contribution in [0.15, 0.2) is 6.07 Å². The van der Waals surface area contributed by atoms with E-state index in [9.17, 15) is 5.11 Å². The maximum Gasteiger partial charge on any atom is 0.229 e. The van der Waals surface area contributed by atoms with Gasteiger partial charge < -0.3 is 19.9 Å². The van der Waals surface area contributed by atoms with Crippen molar-refractivity contribution < 1.29 is 14.6 Å².